The maximum absolute atomic E-state index is 12.0. The minimum Gasteiger partial charge on any atom is -0.492 e. The van der Waals surface area contributed by atoms with Crippen LogP contribution >= 0.6 is 0 Å². The number of aliphatic hydroxyl groups is 1. The second-order valence-corrected chi connectivity index (χ2v) is 9.28. The highest BCUT2D eigenvalue weighted by atomic mass is 16.5. The molecule has 0 aliphatic rings. The van der Waals surface area contributed by atoms with Crippen molar-refractivity contribution >= 4 is 0 Å². The Kier molecular flexibility index (Phi) is 9.97. The third-order valence-electron chi connectivity index (χ3n) is 5.56. The molecule has 1 atom stereocenters. The summed E-state index contributed by atoms with van der Waals surface area (Å²) in [6, 6.07) is 15.6. The van der Waals surface area contributed by atoms with Gasteiger partial charge in [-0.25, -0.2) is 0 Å². The maximum Gasteiger partial charge on any atom is 0.119 e. The van der Waals surface area contributed by atoms with E-state index < -0.39 is 5.60 Å². The zero-order chi connectivity index (χ0) is 23.7. The van der Waals surface area contributed by atoms with Gasteiger partial charge in [-0.05, 0) is 77.7 Å². The number of hydrogen-bond acceptors (Lipinski definition) is 6. The van der Waals surface area contributed by atoms with Crippen molar-refractivity contribution in [3.8, 4) is 11.5 Å². The summed E-state index contributed by atoms with van der Waals surface area (Å²) >= 11 is 0. The van der Waals surface area contributed by atoms with Gasteiger partial charge in [0, 0.05) is 25.6 Å². The number of benzene rings is 2. The Morgan fingerprint density at radius 3 is 1.38 bits per heavy atom. The molecule has 0 saturated heterocycles. The van der Waals surface area contributed by atoms with Gasteiger partial charge in [-0.15, -0.1) is 0 Å². The molecular formula is C26H41N3O3. The van der Waals surface area contributed by atoms with Gasteiger partial charge in [0.25, 0.3) is 0 Å². The number of nitrogens with zero attached hydrogens (tertiary/aromatic N) is 3. The van der Waals surface area contributed by atoms with Crippen LogP contribution in [0.25, 0.3) is 0 Å². The van der Waals surface area contributed by atoms with Crippen LogP contribution in [0.15, 0.2) is 48.5 Å². The van der Waals surface area contributed by atoms with E-state index >= 15 is 0 Å². The van der Waals surface area contributed by atoms with Crippen LogP contribution in [0, 0.1) is 5.92 Å². The van der Waals surface area contributed by atoms with Crippen molar-refractivity contribution in [1.29, 1.82) is 0 Å². The lowest BCUT2D eigenvalue weighted by Crippen LogP contribution is -2.40. The Balaban J connectivity index is 2.25. The lowest BCUT2D eigenvalue weighted by molar-refractivity contribution is 0.0133. The Morgan fingerprint density at radius 2 is 1.06 bits per heavy atom. The van der Waals surface area contributed by atoms with Gasteiger partial charge in [0.2, 0.25) is 0 Å². The monoisotopic (exact) mass is 443 g/mol. The second kappa shape index (κ2) is 12.2. The van der Waals surface area contributed by atoms with E-state index in [9.17, 15) is 5.11 Å². The first kappa shape index (κ1) is 26.1. The standard InChI is InChI=1S/C26H41N3O3/c1-21(20-29(6)7)26(30,22-8-12-24(13-9-22)31-18-16-27(2)3)23-10-14-25(15-11-23)32-19-17-28(4)5/h8-15,21,30H,16-20H2,1-7H3. The largest absolute Gasteiger partial charge is 0.492 e. The summed E-state index contributed by atoms with van der Waals surface area (Å²) in [7, 11) is 12.2. The molecule has 32 heavy (non-hydrogen) atoms. The highest BCUT2D eigenvalue weighted by molar-refractivity contribution is 5.41. The average molecular weight is 444 g/mol. The fourth-order valence-electron chi connectivity index (χ4n) is 3.72. The summed E-state index contributed by atoms with van der Waals surface area (Å²) in [5.41, 5.74) is 0.579. The summed E-state index contributed by atoms with van der Waals surface area (Å²) in [5.74, 6) is 1.59. The summed E-state index contributed by atoms with van der Waals surface area (Å²) in [6.45, 7) is 5.80. The lowest BCUT2D eigenvalue weighted by atomic mass is 9.76. The Bertz CT molecular complexity index is 731. The van der Waals surface area contributed by atoms with Crippen LogP contribution in [0.4, 0.5) is 0 Å². The molecule has 2 aromatic carbocycles. The number of likely N-dealkylation sites (N-methyl/N-ethyl adjacent to an activating group) is 2. The van der Waals surface area contributed by atoms with Crippen LogP contribution in [0.1, 0.15) is 18.1 Å². The Morgan fingerprint density at radius 1 is 0.688 bits per heavy atom. The molecule has 2 rings (SSSR count). The van der Waals surface area contributed by atoms with E-state index in [1.54, 1.807) is 0 Å². The minimum absolute atomic E-state index is 0.0291. The molecule has 0 radical (unpaired) electrons. The van der Waals surface area contributed by atoms with Crippen LogP contribution in [-0.4, -0.2) is 94.9 Å². The molecule has 0 fully saturated rings. The molecule has 0 aliphatic carbocycles. The molecular weight excluding hydrogens is 402 g/mol. The third kappa shape index (κ3) is 7.48. The van der Waals surface area contributed by atoms with Gasteiger partial charge in [-0.2, -0.15) is 0 Å². The first-order valence-electron chi connectivity index (χ1n) is 11.3. The van der Waals surface area contributed by atoms with E-state index in [0.29, 0.717) is 13.2 Å². The molecule has 2 aromatic rings. The van der Waals surface area contributed by atoms with E-state index in [0.717, 1.165) is 42.3 Å². The molecule has 0 heterocycles. The van der Waals surface area contributed by atoms with Crippen molar-refractivity contribution in [2.45, 2.75) is 12.5 Å². The van der Waals surface area contributed by atoms with E-state index in [1.165, 1.54) is 0 Å². The molecule has 0 saturated carbocycles. The van der Waals surface area contributed by atoms with Crippen molar-refractivity contribution in [2.24, 2.45) is 5.92 Å². The maximum atomic E-state index is 12.0. The predicted octanol–water partition coefficient (Wildman–Crippen LogP) is 3.00. The van der Waals surface area contributed by atoms with Gasteiger partial charge in [0.1, 0.15) is 30.3 Å². The molecule has 178 valence electrons. The van der Waals surface area contributed by atoms with Crippen LogP contribution in [-0.2, 0) is 5.60 Å². The quantitative estimate of drug-likeness (QED) is 0.514. The molecule has 6 heteroatoms. The second-order valence-electron chi connectivity index (χ2n) is 9.28. The van der Waals surface area contributed by atoms with Crippen LogP contribution in [0.2, 0.25) is 0 Å². The molecule has 0 spiro atoms. The zero-order valence-electron chi connectivity index (χ0n) is 20.8. The van der Waals surface area contributed by atoms with Gasteiger partial charge in [0.15, 0.2) is 0 Å². The molecule has 0 bridgehead atoms. The van der Waals surface area contributed by atoms with Gasteiger partial charge in [-0.1, -0.05) is 31.2 Å². The van der Waals surface area contributed by atoms with Gasteiger partial charge >= 0.3 is 0 Å². The summed E-state index contributed by atoms with van der Waals surface area (Å²) < 4.78 is 11.7. The summed E-state index contributed by atoms with van der Waals surface area (Å²) in [6.07, 6.45) is 0. The van der Waals surface area contributed by atoms with Gasteiger partial charge in [-0.3, -0.25) is 0 Å². The SMILES string of the molecule is CC(CN(C)C)C(O)(c1ccc(OCCN(C)C)cc1)c1ccc(OCCN(C)C)cc1. The first-order chi connectivity index (χ1) is 15.1. The average Bonchev–Trinajstić information content (AvgIpc) is 2.73. The first-order valence-corrected chi connectivity index (χ1v) is 11.3. The fraction of sp³-hybridized carbons (Fsp3) is 0.538. The van der Waals surface area contributed by atoms with Crippen molar-refractivity contribution in [1.82, 2.24) is 14.7 Å². The summed E-state index contributed by atoms with van der Waals surface area (Å²) in [5, 5.41) is 12.0. The smallest absolute Gasteiger partial charge is 0.119 e. The van der Waals surface area contributed by atoms with Crippen molar-refractivity contribution in [3.63, 3.8) is 0 Å². The molecule has 0 aliphatic heterocycles. The third-order valence-corrected chi connectivity index (χ3v) is 5.56. The molecule has 0 aromatic heterocycles. The number of hydrogen-bond donors (Lipinski definition) is 1. The Labute approximate surface area is 194 Å². The topological polar surface area (TPSA) is 48.4 Å². The summed E-state index contributed by atoms with van der Waals surface area (Å²) in [4.78, 5) is 6.28. The lowest BCUT2D eigenvalue weighted by Gasteiger charge is -2.37. The van der Waals surface area contributed by atoms with Crippen molar-refractivity contribution in [3.05, 3.63) is 59.7 Å². The van der Waals surface area contributed by atoms with Crippen LogP contribution in [0.3, 0.4) is 0 Å². The van der Waals surface area contributed by atoms with E-state index in [4.69, 9.17) is 9.47 Å². The molecule has 0 amide bonds. The van der Waals surface area contributed by atoms with E-state index in [-0.39, 0.29) is 5.92 Å². The predicted molar refractivity (Wildman–Crippen MR) is 132 cm³/mol. The minimum atomic E-state index is -1.13. The highest BCUT2D eigenvalue weighted by Crippen LogP contribution is 2.38. The van der Waals surface area contributed by atoms with Crippen LogP contribution < -0.4 is 9.47 Å². The molecule has 6 nitrogen and oxygen atoms in total. The molecule has 1 N–H and O–H groups in total. The van der Waals surface area contributed by atoms with Gasteiger partial charge in [0.05, 0.1) is 0 Å². The Hall–Kier alpha value is -2.12. The van der Waals surface area contributed by atoms with Crippen molar-refractivity contribution in [2.75, 3.05) is 75.1 Å². The van der Waals surface area contributed by atoms with Crippen LogP contribution in [0.5, 0.6) is 11.5 Å². The molecule has 1 unspecified atom stereocenters. The highest BCUT2D eigenvalue weighted by Gasteiger charge is 2.38. The van der Waals surface area contributed by atoms with Crippen molar-refractivity contribution < 1.29 is 14.6 Å². The number of rotatable bonds is 13. The normalized spacial score (nSPS) is 13.1. The van der Waals surface area contributed by atoms with E-state index in [1.807, 2.05) is 90.8 Å². The zero-order valence-corrected chi connectivity index (χ0v) is 20.8. The number of ether oxygens (including phenoxy) is 2. The van der Waals surface area contributed by atoms with Gasteiger partial charge < -0.3 is 29.3 Å². The fourth-order valence-corrected chi connectivity index (χ4v) is 3.72. The van der Waals surface area contributed by atoms with E-state index in [2.05, 4.69) is 21.6 Å².